The van der Waals surface area contributed by atoms with Crippen molar-refractivity contribution in [1.29, 1.82) is 0 Å². The number of carbonyl (C=O) groups is 1. The Balaban J connectivity index is 1.54. The molecule has 0 saturated carbocycles. The third-order valence-corrected chi connectivity index (χ3v) is 5.34. The molecule has 1 heterocycles. The molecule has 1 aliphatic rings. The number of furan rings is 1. The van der Waals surface area contributed by atoms with Gasteiger partial charge >= 0.3 is 0 Å². The summed E-state index contributed by atoms with van der Waals surface area (Å²) < 4.78 is 16.2. The molecule has 1 aliphatic carbocycles. The smallest absolute Gasteiger partial charge is 0.287 e. The van der Waals surface area contributed by atoms with E-state index in [0.29, 0.717) is 17.8 Å². The summed E-state index contributed by atoms with van der Waals surface area (Å²) in [5.41, 5.74) is 1.31. The van der Waals surface area contributed by atoms with Gasteiger partial charge in [-0.05, 0) is 54.7 Å². The van der Waals surface area contributed by atoms with Crippen LogP contribution >= 0.6 is 0 Å². The van der Waals surface area contributed by atoms with Crippen LogP contribution in [0.2, 0.25) is 0 Å². The third-order valence-electron chi connectivity index (χ3n) is 5.34. The number of carbonyl (C=O) groups excluding carboxylic acids is 1. The Morgan fingerprint density at radius 3 is 2.86 bits per heavy atom. The first kappa shape index (κ1) is 18.4. The van der Waals surface area contributed by atoms with E-state index in [9.17, 15) is 9.90 Å². The van der Waals surface area contributed by atoms with Crippen LogP contribution < -0.4 is 14.8 Å². The van der Waals surface area contributed by atoms with Crippen LogP contribution in [0.15, 0.2) is 46.9 Å². The number of aliphatic hydroxyl groups is 1. The molecule has 0 radical (unpaired) electrons. The Kier molecular flexibility index (Phi) is 4.73. The standard InChI is InChI=1S/C22H23NO5/c1-26-16-8-9-17-14(11-16)6-4-10-22(17,25)13-23-21(24)19-12-15-5-3-7-18(27-2)20(15)28-19/h3,5,7-9,11-12,25H,4,6,10,13H2,1-2H3,(H,23,24). The minimum absolute atomic E-state index is 0.110. The largest absolute Gasteiger partial charge is 0.497 e. The summed E-state index contributed by atoms with van der Waals surface area (Å²) in [5.74, 6) is 1.16. The lowest BCUT2D eigenvalue weighted by Gasteiger charge is -2.34. The molecule has 3 aromatic rings. The van der Waals surface area contributed by atoms with Crippen LogP contribution in [0.4, 0.5) is 0 Å². The second kappa shape index (κ2) is 7.20. The number of rotatable bonds is 5. The van der Waals surface area contributed by atoms with Gasteiger partial charge in [-0.1, -0.05) is 18.2 Å². The highest BCUT2D eigenvalue weighted by Gasteiger charge is 2.35. The number of ether oxygens (including phenoxy) is 2. The Labute approximate surface area is 163 Å². The quantitative estimate of drug-likeness (QED) is 0.708. The van der Waals surface area contributed by atoms with Crippen molar-refractivity contribution in [3.63, 3.8) is 0 Å². The van der Waals surface area contributed by atoms with Crippen LogP contribution in [0, 0.1) is 0 Å². The number of aryl methyl sites for hydroxylation is 1. The van der Waals surface area contributed by atoms with Crippen LogP contribution in [0.5, 0.6) is 11.5 Å². The SMILES string of the molecule is COc1ccc2c(c1)CCCC2(O)CNC(=O)c1cc2cccc(OC)c2o1. The lowest BCUT2D eigenvalue weighted by atomic mass is 9.79. The second-order valence-corrected chi connectivity index (χ2v) is 7.08. The van der Waals surface area contributed by atoms with Crippen molar-refractivity contribution in [3.05, 3.63) is 59.4 Å². The van der Waals surface area contributed by atoms with E-state index in [4.69, 9.17) is 13.9 Å². The average molecular weight is 381 g/mol. The number of benzene rings is 2. The second-order valence-electron chi connectivity index (χ2n) is 7.08. The van der Waals surface area contributed by atoms with E-state index in [2.05, 4.69) is 5.32 Å². The van der Waals surface area contributed by atoms with Crippen molar-refractivity contribution >= 4 is 16.9 Å². The van der Waals surface area contributed by atoms with Gasteiger partial charge in [0.05, 0.1) is 20.8 Å². The van der Waals surface area contributed by atoms with Gasteiger partial charge < -0.3 is 24.3 Å². The average Bonchev–Trinajstić information content (AvgIpc) is 3.16. The molecule has 6 nitrogen and oxygen atoms in total. The van der Waals surface area contributed by atoms with Gasteiger partial charge in [0.2, 0.25) is 0 Å². The lowest BCUT2D eigenvalue weighted by Crippen LogP contribution is -2.42. The van der Waals surface area contributed by atoms with E-state index in [-0.39, 0.29) is 18.2 Å². The van der Waals surface area contributed by atoms with Crippen LogP contribution in [0.3, 0.4) is 0 Å². The molecule has 0 bridgehead atoms. The summed E-state index contributed by atoms with van der Waals surface area (Å²) in [7, 11) is 3.18. The van der Waals surface area contributed by atoms with Gasteiger partial charge in [0.15, 0.2) is 17.1 Å². The Hall–Kier alpha value is -2.99. The topological polar surface area (TPSA) is 80.9 Å². The van der Waals surface area contributed by atoms with Crippen molar-refractivity contribution in [2.75, 3.05) is 20.8 Å². The summed E-state index contributed by atoms with van der Waals surface area (Å²) in [6, 6.07) is 12.8. The predicted molar refractivity (Wildman–Crippen MR) is 105 cm³/mol. The molecule has 2 N–H and O–H groups in total. The van der Waals surface area contributed by atoms with E-state index in [1.54, 1.807) is 26.4 Å². The highest BCUT2D eigenvalue weighted by molar-refractivity contribution is 5.97. The van der Waals surface area contributed by atoms with Gasteiger partial charge in [0.25, 0.3) is 5.91 Å². The van der Waals surface area contributed by atoms with E-state index in [0.717, 1.165) is 35.1 Å². The molecule has 0 aliphatic heterocycles. The molecular formula is C22H23NO5. The molecule has 0 fully saturated rings. The molecule has 1 atom stereocenters. The number of hydrogen-bond acceptors (Lipinski definition) is 5. The Morgan fingerprint density at radius 1 is 1.21 bits per heavy atom. The van der Waals surface area contributed by atoms with Crippen molar-refractivity contribution in [1.82, 2.24) is 5.32 Å². The molecule has 2 aromatic carbocycles. The van der Waals surface area contributed by atoms with Gasteiger partial charge in [-0.2, -0.15) is 0 Å². The zero-order valence-corrected chi connectivity index (χ0v) is 16.0. The third kappa shape index (κ3) is 3.20. The lowest BCUT2D eigenvalue weighted by molar-refractivity contribution is 0.0186. The molecule has 0 saturated heterocycles. The normalized spacial score (nSPS) is 18.5. The first-order chi connectivity index (χ1) is 13.5. The molecule has 28 heavy (non-hydrogen) atoms. The maximum atomic E-state index is 12.6. The fourth-order valence-electron chi connectivity index (χ4n) is 3.87. The van der Waals surface area contributed by atoms with Crippen molar-refractivity contribution < 1.29 is 23.8 Å². The number of fused-ring (bicyclic) bond motifs is 2. The van der Waals surface area contributed by atoms with Gasteiger partial charge in [0.1, 0.15) is 11.4 Å². The van der Waals surface area contributed by atoms with Crippen LogP contribution in [0.25, 0.3) is 11.0 Å². The van der Waals surface area contributed by atoms with Crippen molar-refractivity contribution in [2.24, 2.45) is 0 Å². The number of amides is 1. The van der Waals surface area contributed by atoms with Gasteiger partial charge in [-0.3, -0.25) is 4.79 Å². The van der Waals surface area contributed by atoms with Crippen molar-refractivity contribution in [3.8, 4) is 11.5 Å². The number of para-hydroxylation sites is 1. The fourth-order valence-corrected chi connectivity index (χ4v) is 3.87. The summed E-state index contributed by atoms with van der Waals surface area (Å²) in [5, 5.41) is 14.8. The van der Waals surface area contributed by atoms with Gasteiger partial charge in [-0.25, -0.2) is 0 Å². The van der Waals surface area contributed by atoms with Gasteiger partial charge in [0, 0.05) is 5.39 Å². The predicted octanol–water partition coefficient (Wildman–Crippen LogP) is 3.40. The van der Waals surface area contributed by atoms with E-state index in [1.165, 1.54) is 0 Å². The minimum atomic E-state index is -1.11. The highest BCUT2D eigenvalue weighted by atomic mass is 16.5. The molecule has 1 aromatic heterocycles. The minimum Gasteiger partial charge on any atom is -0.497 e. The monoisotopic (exact) mass is 381 g/mol. The molecule has 0 spiro atoms. The molecule has 1 amide bonds. The molecular weight excluding hydrogens is 358 g/mol. The zero-order valence-electron chi connectivity index (χ0n) is 16.0. The number of nitrogens with one attached hydrogen (secondary N) is 1. The molecule has 6 heteroatoms. The summed E-state index contributed by atoms with van der Waals surface area (Å²) in [4.78, 5) is 12.6. The zero-order chi connectivity index (χ0) is 19.7. The first-order valence-electron chi connectivity index (χ1n) is 9.28. The van der Waals surface area contributed by atoms with E-state index >= 15 is 0 Å². The highest BCUT2D eigenvalue weighted by Crippen LogP contribution is 2.37. The maximum absolute atomic E-state index is 12.6. The van der Waals surface area contributed by atoms with Crippen LogP contribution in [-0.2, 0) is 12.0 Å². The van der Waals surface area contributed by atoms with Crippen LogP contribution in [-0.4, -0.2) is 31.8 Å². The van der Waals surface area contributed by atoms with Crippen LogP contribution in [0.1, 0.15) is 34.5 Å². The summed E-state index contributed by atoms with van der Waals surface area (Å²) in [6.45, 7) is 0.110. The van der Waals surface area contributed by atoms with E-state index in [1.807, 2.05) is 30.3 Å². The molecule has 1 unspecified atom stereocenters. The fraction of sp³-hybridized carbons (Fsp3) is 0.318. The Morgan fingerprint density at radius 2 is 2.07 bits per heavy atom. The van der Waals surface area contributed by atoms with E-state index < -0.39 is 5.60 Å². The molecule has 146 valence electrons. The molecule has 4 rings (SSSR count). The summed E-state index contributed by atoms with van der Waals surface area (Å²) >= 11 is 0. The van der Waals surface area contributed by atoms with Gasteiger partial charge in [-0.15, -0.1) is 0 Å². The number of hydrogen-bond donors (Lipinski definition) is 2. The van der Waals surface area contributed by atoms with Crippen molar-refractivity contribution in [2.45, 2.75) is 24.9 Å². The first-order valence-corrected chi connectivity index (χ1v) is 9.28. The Bertz CT molecular complexity index is 1020. The maximum Gasteiger partial charge on any atom is 0.287 e. The number of methoxy groups -OCH3 is 2. The summed E-state index contributed by atoms with van der Waals surface area (Å²) in [6.07, 6.45) is 2.31.